The van der Waals surface area contributed by atoms with Crippen LogP contribution < -0.4 is 10.2 Å². The number of hydrogen-bond donors (Lipinski definition) is 1. The summed E-state index contributed by atoms with van der Waals surface area (Å²) in [5.74, 6) is -0.919. The number of carbonyl (C=O) groups excluding carboxylic acids is 2. The molecule has 1 N–H and O–H groups in total. The number of fused-ring (bicyclic) bond motifs is 2. The second-order valence-electron chi connectivity index (χ2n) is 6.42. The van der Waals surface area contributed by atoms with E-state index in [0.29, 0.717) is 17.1 Å². The lowest BCUT2D eigenvalue weighted by Gasteiger charge is -2.32. The minimum atomic E-state index is -0.465. The topological polar surface area (TPSA) is 82.4 Å². The first-order valence-corrected chi connectivity index (χ1v) is 10.9. The van der Waals surface area contributed by atoms with Crippen LogP contribution >= 0.6 is 23.1 Å². The number of ether oxygens (including phenoxy) is 1. The first kappa shape index (κ1) is 20.0. The van der Waals surface area contributed by atoms with Gasteiger partial charge in [-0.05, 0) is 35.7 Å². The highest BCUT2D eigenvalue weighted by atomic mass is 32.2. The van der Waals surface area contributed by atoms with Crippen LogP contribution in [0.15, 0.2) is 69.8 Å². The maximum absolute atomic E-state index is 12.3. The minimum Gasteiger partial charge on any atom is -0.456 e. The van der Waals surface area contributed by atoms with Crippen LogP contribution in [0, 0.1) is 11.3 Å². The Hall–Kier alpha value is -3.28. The molecule has 0 spiro atoms. The van der Waals surface area contributed by atoms with E-state index in [0.717, 1.165) is 21.2 Å². The number of anilines is 3. The molecule has 0 fully saturated rings. The van der Waals surface area contributed by atoms with E-state index in [4.69, 9.17) is 10.00 Å². The van der Waals surface area contributed by atoms with Gasteiger partial charge in [0.05, 0.1) is 23.4 Å². The molecular weight excluding hydrogens is 418 g/mol. The number of nitrogens with one attached hydrogen (secondary N) is 1. The zero-order valence-corrected chi connectivity index (χ0v) is 17.5. The Kier molecular flexibility index (Phi) is 6.02. The van der Waals surface area contributed by atoms with Crippen LogP contribution in [0.5, 0.6) is 0 Å². The van der Waals surface area contributed by atoms with E-state index in [1.807, 2.05) is 42.5 Å². The number of nitrogens with zero attached hydrogens (tertiary/aromatic N) is 2. The van der Waals surface area contributed by atoms with Gasteiger partial charge in [0.15, 0.2) is 6.61 Å². The monoisotopic (exact) mass is 435 g/mol. The van der Waals surface area contributed by atoms with Crippen molar-refractivity contribution in [2.24, 2.45) is 0 Å². The third-order valence-electron chi connectivity index (χ3n) is 4.47. The average Bonchev–Trinajstić information content (AvgIpc) is 3.22. The largest absolute Gasteiger partial charge is 0.456 e. The molecule has 0 bridgehead atoms. The molecule has 150 valence electrons. The second-order valence-corrected chi connectivity index (χ2v) is 8.42. The van der Waals surface area contributed by atoms with Crippen LogP contribution in [0.4, 0.5) is 16.4 Å². The van der Waals surface area contributed by atoms with Crippen molar-refractivity contribution in [3.05, 3.63) is 65.5 Å². The summed E-state index contributed by atoms with van der Waals surface area (Å²) in [5, 5.41) is 13.8. The second kappa shape index (κ2) is 9.03. The van der Waals surface area contributed by atoms with Crippen molar-refractivity contribution in [1.29, 1.82) is 5.26 Å². The summed E-state index contributed by atoms with van der Waals surface area (Å²) in [4.78, 5) is 28.6. The summed E-state index contributed by atoms with van der Waals surface area (Å²) in [6, 6.07) is 19.8. The number of benzene rings is 2. The maximum Gasteiger partial charge on any atom is 0.308 e. The molecule has 0 aliphatic carbocycles. The molecule has 0 saturated heterocycles. The molecule has 1 amide bonds. The summed E-state index contributed by atoms with van der Waals surface area (Å²) in [7, 11) is 0. The summed E-state index contributed by atoms with van der Waals surface area (Å²) >= 11 is 2.96. The van der Waals surface area contributed by atoms with Gasteiger partial charge >= 0.3 is 5.97 Å². The first-order chi connectivity index (χ1) is 14.7. The molecule has 2 heterocycles. The third-order valence-corrected chi connectivity index (χ3v) is 6.43. The summed E-state index contributed by atoms with van der Waals surface area (Å²) in [6.45, 7) is 0.0587. The lowest BCUT2D eigenvalue weighted by Crippen LogP contribution is -2.26. The van der Waals surface area contributed by atoms with E-state index in [2.05, 4.69) is 22.3 Å². The molecule has 0 radical (unpaired) electrons. The van der Waals surface area contributed by atoms with E-state index < -0.39 is 11.9 Å². The van der Waals surface area contributed by atoms with Gasteiger partial charge in [-0.15, -0.1) is 11.3 Å². The van der Waals surface area contributed by atoms with Crippen LogP contribution in [-0.4, -0.2) is 25.0 Å². The standard InChI is InChI=1S/C22H17N3O3S2/c23-13-15-10-12-29-22(15)24-20(26)14-28-21(27)9-11-25-16-5-1-3-7-18(16)30-19-8-4-2-6-17(19)25/h1-8,10,12H,9,11,14H2,(H,24,26). The molecule has 1 aliphatic heterocycles. The molecule has 0 unspecified atom stereocenters. The van der Waals surface area contributed by atoms with Gasteiger partial charge < -0.3 is 15.0 Å². The van der Waals surface area contributed by atoms with Gasteiger partial charge in [0, 0.05) is 16.3 Å². The third kappa shape index (κ3) is 4.32. The molecule has 4 rings (SSSR count). The fourth-order valence-corrected chi connectivity index (χ4v) is 4.95. The molecule has 6 nitrogen and oxygen atoms in total. The molecule has 1 aromatic heterocycles. The number of para-hydroxylation sites is 2. The zero-order valence-electron chi connectivity index (χ0n) is 15.8. The van der Waals surface area contributed by atoms with Crippen molar-refractivity contribution in [2.45, 2.75) is 16.2 Å². The first-order valence-electron chi connectivity index (χ1n) is 9.22. The Morgan fingerprint density at radius 1 is 1.03 bits per heavy atom. The van der Waals surface area contributed by atoms with Crippen molar-refractivity contribution in [3.63, 3.8) is 0 Å². The van der Waals surface area contributed by atoms with Crippen LogP contribution in [0.25, 0.3) is 0 Å². The molecule has 8 heteroatoms. The van der Waals surface area contributed by atoms with E-state index in [9.17, 15) is 9.59 Å². The van der Waals surface area contributed by atoms with Crippen molar-refractivity contribution in [1.82, 2.24) is 0 Å². The molecule has 2 aromatic carbocycles. The molecule has 1 aliphatic rings. The van der Waals surface area contributed by atoms with Gasteiger partial charge in [-0.25, -0.2) is 0 Å². The predicted octanol–water partition coefficient (Wildman–Crippen LogP) is 4.79. The SMILES string of the molecule is N#Cc1ccsc1NC(=O)COC(=O)CCN1c2ccccc2Sc2ccccc21. The lowest BCUT2D eigenvalue weighted by molar-refractivity contribution is -0.147. The lowest BCUT2D eigenvalue weighted by atomic mass is 10.2. The Balaban J connectivity index is 1.35. The van der Waals surface area contributed by atoms with Gasteiger partial charge in [-0.3, -0.25) is 9.59 Å². The Labute approximate surface area is 182 Å². The Bertz CT molecular complexity index is 1090. The zero-order chi connectivity index (χ0) is 20.9. The quantitative estimate of drug-likeness (QED) is 0.561. The average molecular weight is 436 g/mol. The fraction of sp³-hybridized carbons (Fsp3) is 0.136. The van der Waals surface area contributed by atoms with E-state index in [-0.39, 0.29) is 13.0 Å². The highest BCUT2D eigenvalue weighted by Gasteiger charge is 2.23. The Morgan fingerprint density at radius 2 is 1.70 bits per heavy atom. The van der Waals surface area contributed by atoms with E-state index >= 15 is 0 Å². The van der Waals surface area contributed by atoms with Gasteiger partial charge in [0.2, 0.25) is 0 Å². The number of carbonyl (C=O) groups is 2. The number of nitriles is 1. The smallest absolute Gasteiger partial charge is 0.308 e. The number of esters is 1. The van der Waals surface area contributed by atoms with E-state index in [1.165, 1.54) is 11.3 Å². The number of thiophene rings is 1. The van der Waals surface area contributed by atoms with Gasteiger partial charge in [0.1, 0.15) is 11.1 Å². The maximum atomic E-state index is 12.3. The summed E-state index contributed by atoms with van der Waals surface area (Å²) in [6.07, 6.45) is 0.142. The van der Waals surface area contributed by atoms with Crippen molar-refractivity contribution in [2.75, 3.05) is 23.4 Å². The van der Waals surface area contributed by atoms with Gasteiger partial charge in [-0.2, -0.15) is 5.26 Å². The van der Waals surface area contributed by atoms with E-state index in [1.54, 1.807) is 23.2 Å². The number of rotatable bonds is 6. The van der Waals surface area contributed by atoms with Crippen molar-refractivity contribution >= 4 is 51.4 Å². The number of hydrogen-bond acceptors (Lipinski definition) is 7. The molecule has 0 atom stereocenters. The molecule has 3 aromatic rings. The van der Waals surface area contributed by atoms with Crippen LogP contribution in [0.1, 0.15) is 12.0 Å². The van der Waals surface area contributed by atoms with Gasteiger partial charge in [-0.1, -0.05) is 36.0 Å². The van der Waals surface area contributed by atoms with Crippen LogP contribution in [0.3, 0.4) is 0 Å². The minimum absolute atomic E-state index is 0.142. The molecule has 30 heavy (non-hydrogen) atoms. The predicted molar refractivity (Wildman–Crippen MR) is 117 cm³/mol. The number of amides is 1. The molecule has 0 saturated carbocycles. The highest BCUT2D eigenvalue weighted by Crippen LogP contribution is 2.47. The summed E-state index contributed by atoms with van der Waals surface area (Å²) < 4.78 is 5.13. The highest BCUT2D eigenvalue weighted by molar-refractivity contribution is 7.99. The van der Waals surface area contributed by atoms with Crippen LogP contribution in [0.2, 0.25) is 0 Å². The normalized spacial score (nSPS) is 11.8. The van der Waals surface area contributed by atoms with Crippen molar-refractivity contribution in [3.8, 4) is 6.07 Å². The van der Waals surface area contributed by atoms with Gasteiger partial charge in [0.25, 0.3) is 5.91 Å². The van der Waals surface area contributed by atoms with Crippen molar-refractivity contribution < 1.29 is 14.3 Å². The fourth-order valence-electron chi connectivity index (χ4n) is 3.10. The molecular formula is C22H17N3O3S2. The van der Waals surface area contributed by atoms with Crippen LogP contribution in [-0.2, 0) is 14.3 Å². The summed E-state index contributed by atoms with van der Waals surface area (Å²) in [5.41, 5.74) is 2.49. The Morgan fingerprint density at radius 3 is 2.37 bits per heavy atom.